The van der Waals surface area contributed by atoms with E-state index in [0.29, 0.717) is 33.4 Å². The first-order valence-electron chi connectivity index (χ1n) is 9.06. The van der Waals surface area contributed by atoms with E-state index in [4.69, 9.17) is 15.8 Å². The number of H-pyrrole nitrogens is 1. The fraction of sp³-hybridized carbons (Fsp3) is 0. The predicted octanol–water partition coefficient (Wildman–Crippen LogP) is 3.84. The summed E-state index contributed by atoms with van der Waals surface area (Å²) in [5, 5.41) is 20.4. The molecule has 1 heterocycles. The van der Waals surface area contributed by atoms with Crippen LogP contribution in [0.25, 0.3) is 10.9 Å². The highest BCUT2D eigenvalue weighted by Crippen LogP contribution is 2.32. The highest BCUT2D eigenvalue weighted by atomic mass is 16.4. The lowest BCUT2D eigenvalue weighted by molar-refractivity contribution is 0.0696. The van der Waals surface area contributed by atoms with E-state index in [0.717, 1.165) is 5.56 Å². The number of benzene rings is 3. The largest absolute Gasteiger partial charge is 0.494 e. The number of amides is 1. The predicted molar refractivity (Wildman–Crippen MR) is 114 cm³/mol. The van der Waals surface area contributed by atoms with Crippen molar-refractivity contribution in [3.8, 4) is 5.88 Å². The van der Waals surface area contributed by atoms with Crippen LogP contribution in [0.15, 0.2) is 77.8 Å². The summed E-state index contributed by atoms with van der Waals surface area (Å²) in [6.07, 6.45) is 0. The van der Waals surface area contributed by atoms with Crippen LogP contribution in [-0.2, 0) is 0 Å². The molecule has 30 heavy (non-hydrogen) atoms. The number of aromatic hydroxyl groups is 1. The Morgan fingerprint density at radius 2 is 1.53 bits per heavy atom. The zero-order chi connectivity index (χ0) is 21.3. The van der Waals surface area contributed by atoms with E-state index in [9.17, 15) is 14.7 Å². The number of nitrogens with zero attached hydrogens (tertiary/aromatic N) is 1. The van der Waals surface area contributed by atoms with Crippen LogP contribution in [0.1, 0.15) is 31.8 Å². The van der Waals surface area contributed by atoms with Gasteiger partial charge in [0.15, 0.2) is 5.88 Å². The molecular weight excluding hydrogens is 382 g/mol. The SMILES string of the molecule is NC(=O)c1ccc2c(C(=Nc3ccc(C(=O)O)cc3)c3ccccc3)c(O)[nH]c2c1. The van der Waals surface area contributed by atoms with E-state index < -0.39 is 11.9 Å². The molecule has 4 aromatic rings. The lowest BCUT2D eigenvalue weighted by atomic mass is 10.00. The van der Waals surface area contributed by atoms with E-state index in [1.165, 1.54) is 12.1 Å². The second kappa shape index (κ2) is 7.56. The summed E-state index contributed by atoms with van der Waals surface area (Å²) in [6.45, 7) is 0. The van der Waals surface area contributed by atoms with Crippen molar-refractivity contribution < 1.29 is 19.8 Å². The molecule has 7 heteroatoms. The first-order chi connectivity index (χ1) is 14.4. The van der Waals surface area contributed by atoms with Gasteiger partial charge in [-0.1, -0.05) is 36.4 Å². The number of hydrogen-bond acceptors (Lipinski definition) is 4. The quantitative estimate of drug-likeness (QED) is 0.380. The minimum Gasteiger partial charge on any atom is -0.494 e. The minimum absolute atomic E-state index is 0.101. The van der Waals surface area contributed by atoms with Crippen molar-refractivity contribution in [2.24, 2.45) is 10.7 Å². The molecule has 0 aliphatic carbocycles. The van der Waals surface area contributed by atoms with Gasteiger partial charge in [-0.05, 0) is 36.4 Å². The van der Waals surface area contributed by atoms with Crippen LogP contribution in [0.5, 0.6) is 5.88 Å². The summed E-state index contributed by atoms with van der Waals surface area (Å²) < 4.78 is 0. The molecule has 0 bridgehead atoms. The molecule has 0 saturated carbocycles. The van der Waals surface area contributed by atoms with Gasteiger partial charge in [-0.3, -0.25) is 4.79 Å². The average Bonchev–Trinajstić information content (AvgIpc) is 3.07. The number of rotatable bonds is 5. The van der Waals surface area contributed by atoms with Crippen LogP contribution in [0.4, 0.5) is 5.69 Å². The Morgan fingerprint density at radius 1 is 0.867 bits per heavy atom. The maximum absolute atomic E-state index is 11.5. The van der Waals surface area contributed by atoms with Gasteiger partial charge in [0.25, 0.3) is 0 Å². The highest BCUT2D eigenvalue weighted by Gasteiger charge is 2.19. The zero-order valence-corrected chi connectivity index (χ0v) is 15.7. The third-order valence-corrected chi connectivity index (χ3v) is 4.70. The van der Waals surface area contributed by atoms with Crippen molar-refractivity contribution >= 4 is 34.2 Å². The van der Waals surface area contributed by atoms with Gasteiger partial charge in [0, 0.05) is 22.0 Å². The molecule has 0 radical (unpaired) electrons. The smallest absolute Gasteiger partial charge is 0.335 e. The number of carbonyl (C=O) groups excluding carboxylic acids is 1. The Kier molecular flexibility index (Phi) is 4.77. The maximum Gasteiger partial charge on any atom is 0.335 e. The second-order valence-corrected chi connectivity index (χ2v) is 6.65. The number of hydrogen-bond donors (Lipinski definition) is 4. The van der Waals surface area contributed by atoms with Gasteiger partial charge in [-0.15, -0.1) is 0 Å². The van der Waals surface area contributed by atoms with Crippen molar-refractivity contribution in [2.45, 2.75) is 0 Å². The number of carbonyl (C=O) groups is 2. The molecule has 1 amide bonds. The normalized spacial score (nSPS) is 11.5. The molecule has 5 N–H and O–H groups in total. The number of nitrogens with one attached hydrogen (secondary N) is 1. The lowest BCUT2D eigenvalue weighted by Crippen LogP contribution is -2.10. The Hall–Kier alpha value is -4.39. The second-order valence-electron chi connectivity index (χ2n) is 6.65. The van der Waals surface area contributed by atoms with Gasteiger partial charge < -0.3 is 20.9 Å². The molecule has 0 saturated heterocycles. The average molecular weight is 399 g/mol. The number of aromatic amines is 1. The molecule has 0 spiro atoms. The first kappa shape index (κ1) is 18.9. The monoisotopic (exact) mass is 399 g/mol. The molecule has 0 aliphatic heterocycles. The Labute approximate surface area is 171 Å². The Balaban J connectivity index is 1.92. The van der Waals surface area contributed by atoms with Crippen LogP contribution >= 0.6 is 0 Å². The molecule has 1 aromatic heterocycles. The molecular formula is C23H17N3O4. The number of aromatic nitrogens is 1. The number of primary amides is 1. The van der Waals surface area contributed by atoms with Gasteiger partial charge in [-0.25, -0.2) is 9.79 Å². The standard InChI is InChI=1S/C23H17N3O4/c24-21(27)15-8-11-17-18(12-15)26-22(28)19(17)20(13-4-2-1-3-5-13)25-16-9-6-14(7-10-16)23(29)30/h1-12,26,28H,(H2,24,27)(H,29,30). The number of nitrogens with two attached hydrogens (primary N) is 1. The molecule has 0 aliphatic rings. The first-order valence-corrected chi connectivity index (χ1v) is 9.06. The van der Waals surface area contributed by atoms with Gasteiger partial charge in [0.05, 0.1) is 22.5 Å². The third kappa shape index (κ3) is 3.51. The number of fused-ring (bicyclic) bond motifs is 1. The van der Waals surface area contributed by atoms with E-state index in [2.05, 4.69) is 4.98 Å². The Morgan fingerprint density at radius 3 is 2.17 bits per heavy atom. The summed E-state index contributed by atoms with van der Waals surface area (Å²) in [5.74, 6) is -1.69. The molecule has 148 valence electrons. The van der Waals surface area contributed by atoms with Crippen molar-refractivity contribution in [3.05, 3.63) is 95.1 Å². The van der Waals surface area contributed by atoms with E-state index >= 15 is 0 Å². The minimum atomic E-state index is -1.02. The van der Waals surface area contributed by atoms with Crippen LogP contribution in [0.2, 0.25) is 0 Å². The number of carboxylic acids is 1. The van der Waals surface area contributed by atoms with Crippen molar-refractivity contribution in [3.63, 3.8) is 0 Å². The summed E-state index contributed by atoms with van der Waals surface area (Å²) in [4.78, 5) is 30.2. The fourth-order valence-corrected chi connectivity index (χ4v) is 3.24. The number of aliphatic imine (C=N–C) groups is 1. The van der Waals surface area contributed by atoms with Crippen molar-refractivity contribution in [2.75, 3.05) is 0 Å². The lowest BCUT2D eigenvalue weighted by Gasteiger charge is -2.08. The van der Waals surface area contributed by atoms with Gasteiger partial charge in [0.1, 0.15) is 0 Å². The number of aromatic carboxylic acids is 1. The summed E-state index contributed by atoms with van der Waals surface area (Å²) >= 11 is 0. The van der Waals surface area contributed by atoms with Crippen LogP contribution < -0.4 is 5.73 Å². The van der Waals surface area contributed by atoms with Crippen LogP contribution in [0.3, 0.4) is 0 Å². The van der Waals surface area contributed by atoms with E-state index in [1.54, 1.807) is 30.3 Å². The van der Waals surface area contributed by atoms with E-state index in [-0.39, 0.29) is 11.4 Å². The summed E-state index contributed by atoms with van der Waals surface area (Å²) in [5.41, 5.74) is 8.62. The topological polar surface area (TPSA) is 129 Å². The zero-order valence-electron chi connectivity index (χ0n) is 15.7. The van der Waals surface area contributed by atoms with Crippen molar-refractivity contribution in [1.82, 2.24) is 4.98 Å². The van der Waals surface area contributed by atoms with Gasteiger partial charge >= 0.3 is 5.97 Å². The van der Waals surface area contributed by atoms with Crippen molar-refractivity contribution in [1.29, 1.82) is 0 Å². The van der Waals surface area contributed by atoms with Gasteiger partial charge in [0.2, 0.25) is 5.91 Å². The highest BCUT2D eigenvalue weighted by molar-refractivity contribution is 6.22. The molecule has 0 atom stereocenters. The third-order valence-electron chi connectivity index (χ3n) is 4.70. The molecule has 0 unspecified atom stereocenters. The molecule has 7 nitrogen and oxygen atoms in total. The number of carboxylic acid groups (broad SMARTS) is 1. The van der Waals surface area contributed by atoms with Crippen LogP contribution in [0, 0.1) is 0 Å². The fourth-order valence-electron chi connectivity index (χ4n) is 3.24. The summed E-state index contributed by atoms with van der Waals surface area (Å²) in [7, 11) is 0. The van der Waals surface area contributed by atoms with E-state index in [1.807, 2.05) is 30.3 Å². The molecule has 3 aromatic carbocycles. The summed E-state index contributed by atoms with van der Waals surface area (Å²) in [6, 6.07) is 20.3. The van der Waals surface area contributed by atoms with Crippen LogP contribution in [-0.4, -0.2) is 32.8 Å². The molecule has 0 fully saturated rings. The maximum atomic E-state index is 11.5. The molecule has 4 rings (SSSR count). The van der Waals surface area contributed by atoms with Gasteiger partial charge in [-0.2, -0.15) is 0 Å². The Bertz CT molecular complexity index is 1290.